The summed E-state index contributed by atoms with van der Waals surface area (Å²) >= 11 is 0. The van der Waals surface area contributed by atoms with Crippen molar-refractivity contribution in [1.29, 1.82) is 0 Å². The number of aromatic nitrogens is 3. The molecule has 0 spiro atoms. The number of ketones is 1. The number of fused-ring (bicyclic) bond motifs is 1. The molecule has 0 radical (unpaired) electrons. The third-order valence-corrected chi connectivity index (χ3v) is 6.95. The van der Waals surface area contributed by atoms with Crippen LogP contribution in [0.5, 0.6) is 11.5 Å². The third-order valence-electron chi connectivity index (χ3n) is 6.95. The molecular weight excluding hydrogens is 552 g/mol. The topological polar surface area (TPSA) is 86.1 Å². The highest BCUT2D eigenvalue weighted by Gasteiger charge is 2.30. The van der Waals surface area contributed by atoms with Crippen molar-refractivity contribution in [2.75, 3.05) is 5.32 Å². The van der Waals surface area contributed by atoms with E-state index in [1.165, 1.54) is 43.5 Å². The number of pyridine rings is 2. The van der Waals surface area contributed by atoms with Gasteiger partial charge in [0.05, 0.1) is 16.6 Å². The van der Waals surface area contributed by atoms with Gasteiger partial charge < -0.3 is 14.6 Å². The SMILES string of the molecule is CC(=O)c1cn(C2CC2)c2nccc(Oc3ccc(NC(=O)c4cc(-c5ccc(C(F)(F)F)cc5)ccn4)c(F)c3)c12. The second kappa shape index (κ2) is 10.4. The number of ether oxygens (including phenoxy) is 1. The number of carbonyl (C=O) groups excluding carboxylic acids is 2. The minimum Gasteiger partial charge on any atom is -0.456 e. The lowest BCUT2D eigenvalue weighted by Crippen LogP contribution is -2.14. The van der Waals surface area contributed by atoms with Gasteiger partial charge in [0.25, 0.3) is 5.91 Å². The number of amides is 1. The van der Waals surface area contributed by atoms with Crippen LogP contribution in [-0.4, -0.2) is 26.2 Å². The van der Waals surface area contributed by atoms with Gasteiger partial charge in [0.15, 0.2) is 5.78 Å². The van der Waals surface area contributed by atoms with Crippen molar-refractivity contribution < 1.29 is 31.9 Å². The number of hydrogen-bond donors (Lipinski definition) is 1. The Morgan fingerprint density at radius 2 is 1.69 bits per heavy atom. The lowest BCUT2D eigenvalue weighted by molar-refractivity contribution is -0.137. The Morgan fingerprint density at radius 1 is 0.952 bits per heavy atom. The van der Waals surface area contributed by atoms with E-state index in [0.29, 0.717) is 33.5 Å². The van der Waals surface area contributed by atoms with Crippen LogP contribution in [0.4, 0.5) is 23.2 Å². The van der Waals surface area contributed by atoms with E-state index in [-0.39, 0.29) is 29.0 Å². The first-order valence-corrected chi connectivity index (χ1v) is 13.0. The summed E-state index contributed by atoms with van der Waals surface area (Å²) in [4.78, 5) is 33.7. The number of carbonyl (C=O) groups is 2. The minimum absolute atomic E-state index is 0.0526. The summed E-state index contributed by atoms with van der Waals surface area (Å²) in [5.74, 6) is -1.12. The van der Waals surface area contributed by atoms with Gasteiger partial charge in [0.1, 0.15) is 28.7 Å². The molecule has 0 atom stereocenters. The second-order valence-electron chi connectivity index (χ2n) is 9.95. The standard InChI is InChI=1S/C31H22F4N4O3/c1-17(40)23-16-39(21-6-7-21)29-28(23)27(11-13-37-29)42-22-8-9-25(24(32)15-22)38-30(41)26-14-19(10-12-36-26)18-2-4-20(5-3-18)31(33,34)35/h2-5,8-16,21H,6-7H2,1H3,(H,38,41). The molecule has 0 bridgehead atoms. The fourth-order valence-electron chi connectivity index (χ4n) is 4.69. The number of anilines is 1. The molecule has 11 heteroatoms. The molecular formula is C31H22F4N4O3. The van der Waals surface area contributed by atoms with E-state index >= 15 is 4.39 Å². The molecule has 6 rings (SSSR count). The highest BCUT2D eigenvalue weighted by Crippen LogP contribution is 2.41. The van der Waals surface area contributed by atoms with Gasteiger partial charge in [0.2, 0.25) is 0 Å². The van der Waals surface area contributed by atoms with Gasteiger partial charge in [-0.2, -0.15) is 13.2 Å². The van der Waals surface area contributed by atoms with Crippen LogP contribution in [0.15, 0.2) is 79.3 Å². The molecule has 0 aliphatic heterocycles. The molecule has 1 amide bonds. The van der Waals surface area contributed by atoms with Crippen LogP contribution in [0.25, 0.3) is 22.2 Å². The summed E-state index contributed by atoms with van der Waals surface area (Å²) in [5.41, 5.74) is 1.05. The third kappa shape index (κ3) is 5.32. The maximum atomic E-state index is 15.1. The Balaban J connectivity index is 1.21. The predicted molar refractivity (Wildman–Crippen MR) is 147 cm³/mol. The quantitative estimate of drug-likeness (QED) is 0.158. The number of alkyl halides is 3. The van der Waals surface area contributed by atoms with Gasteiger partial charge in [-0.25, -0.2) is 9.37 Å². The van der Waals surface area contributed by atoms with Gasteiger partial charge in [-0.3, -0.25) is 14.6 Å². The molecule has 7 nitrogen and oxygen atoms in total. The molecule has 1 fully saturated rings. The largest absolute Gasteiger partial charge is 0.456 e. The van der Waals surface area contributed by atoms with E-state index in [4.69, 9.17) is 4.74 Å². The Bertz CT molecular complexity index is 1840. The molecule has 3 heterocycles. The number of benzene rings is 2. The van der Waals surface area contributed by atoms with E-state index in [0.717, 1.165) is 31.0 Å². The number of nitrogens with zero attached hydrogens (tertiary/aromatic N) is 3. The highest BCUT2D eigenvalue weighted by molar-refractivity contribution is 6.08. The van der Waals surface area contributed by atoms with E-state index in [9.17, 15) is 22.8 Å². The lowest BCUT2D eigenvalue weighted by Gasteiger charge is -2.11. The molecule has 0 unspecified atom stereocenters. The van der Waals surface area contributed by atoms with Crippen molar-refractivity contribution in [3.63, 3.8) is 0 Å². The van der Waals surface area contributed by atoms with Gasteiger partial charge in [-0.05, 0) is 73.4 Å². The Hall–Kier alpha value is -5.06. The molecule has 1 N–H and O–H groups in total. The van der Waals surface area contributed by atoms with E-state index in [2.05, 4.69) is 15.3 Å². The van der Waals surface area contributed by atoms with Gasteiger partial charge in [-0.1, -0.05) is 12.1 Å². The summed E-state index contributed by atoms with van der Waals surface area (Å²) < 4.78 is 61.7. The molecule has 1 saturated carbocycles. The molecule has 212 valence electrons. The molecule has 1 aliphatic rings. The first-order chi connectivity index (χ1) is 20.1. The van der Waals surface area contributed by atoms with Gasteiger partial charge in [-0.15, -0.1) is 0 Å². The summed E-state index contributed by atoms with van der Waals surface area (Å²) in [7, 11) is 0. The Morgan fingerprint density at radius 3 is 2.36 bits per heavy atom. The molecule has 0 saturated heterocycles. The smallest absolute Gasteiger partial charge is 0.416 e. The van der Waals surface area contributed by atoms with Crippen molar-refractivity contribution in [3.05, 3.63) is 102 Å². The van der Waals surface area contributed by atoms with Crippen molar-refractivity contribution >= 4 is 28.4 Å². The summed E-state index contributed by atoms with van der Waals surface area (Å²) in [6.45, 7) is 1.47. The number of Topliss-reactive ketones (excluding diaryl/α,β-unsaturated/α-hetero) is 1. The number of halogens is 4. The number of rotatable bonds is 7. The van der Waals surface area contributed by atoms with Crippen molar-refractivity contribution in [1.82, 2.24) is 14.5 Å². The van der Waals surface area contributed by atoms with E-state index < -0.39 is 23.5 Å². The van der Waals surface area contributed by atoms with Crippen LogP contribution in [-0.2, 0) is 6.18 Å². The molecule has 5 aromatic rings. The van der Waals surface area contributed by atoms with Crippen LogP contribution in [0.1, 0.15) is 52.2 Å². The maximum Gasteiger partial charge on any atom is 0.416 e. The zero-order chi connectivity index (χ0) is 29.6. The fourth-order valence-corrected chi connectivity index (χ4v) is 4.69. The van der Waals surface area contributed by atoms with Crippen LogP contribution in [0.3, 0.4) is 0 Å². The van der Waals surface area contributed by atoms with E-state index in [1.807, 2.05) is 4.57 Å². The monoisotopic (exact) mass is 574 g/mol. The predicted octanol–water partition coefficient (Wildman–Crippen LogP) is 7.84. The number of hydrogen-bond acceptors (Lipinski definition) is 5. The van der Waals surface area contributed by atoms with Gasteiger partial charge in [0, 0.05) is 36.3 Å². The normalized spacial score (nSPS) is 13.3. The van der Waals surface area contributed by atoms with Crippen molar-refractivity contribution in [2.45, 2.75) is 32.0 Å². The van der Waals surface area contributed by atoms with Crippen LogP contribution < -0.4 is 10.1 Å². The van der Waals surface area contributed by atoms with E-state index in [1.54, 1.807) is 24.5 Å². The lowest BCUT2D eigenvalue weighted by atomic mass is 10.0. The minimum atomic E-state index is -4.46. The van der Waals surface area contributed by atoms with Gasteiger partial charge >= 0.3 is 6.18 Å². The molecule has 42 heavy (non-hydrogen) atoms. The highest BCUT2D eigenvalue weighted by atomic mass is 19.4. The molecule has 2 aromatic carbocycles. The fraction of sp³-hybridized carbons (Fsp3) is 0.161. The first kappa shape index (κ1) is 27.1. The Kier molecular flexibility index (Phi) is 6.72. The van der Waals surface area contributed by atoms with Crippen LogP contribution in [0, 0.1) is 5.82 Å². The average Bonchev–Trinajstić information content (AvgIpc) is 3.73. The number of nitrogens with one attached hydrogen (secondary N) is 1. The van der Waals surface area contributed by atoms with Crippen LogP contribution in [0.2, 0.25) is 0 Å². The van der Waals surface area contributed by atoms with Crippen molar-refractivity contribution in [3.8, 4) is 22.6 Å². The molecule has 3 aromatic heterocycles. The summed E-state index contributed by atoms with van der Waals surface area (Å²) in [6, 6.07) is 13.3. The summed E-state index contributed by atoms with van der Waals surface area (Å²) in [6.07, 6.45) is 2.23. The first-order valence-electron chi connectivity index (χ1n) is 13.0. The average molecular weight is 575 g/mol. The summed E-state index contributed by atoms with van der Waals surface area (Å²) in [5, 5.41) is 3.01. The Labute approximate surface area is 236 Å². The van der Waals surface area contributed by atoms with Crippen LogP contribution >= 0.6 is 0 Å². The maximum absolute atomic E-state index is 15.1. The zero-order valence-corrected chi connectivity index (χ0v) is 22.1. The molecule has 1 aliphatic carbocycles. The zero-order valence-electron chi connectivity index (χ0n) is 22.1. The van der Waals surface area contributed by atoms with Crippen molar-refractivity contribution in [2.24, 2.45) is 0 Å². The second-order valence-corrected chi connectivity index (χ2v) is 9.95.